The lowest BCUT2D eigenvalue weighted by molar-refractivity contribution is -0.0508. The Labute approximate surface area is 68.2 Å². The molecule has 2 atom stereocenters. The van der Waals surface area contributed by atoms with E-state index in [1.807, 2.05) is 6.92 Å². The average molecular weight is 155 g/mol. The van der Waals surface area contributed by atoms with Gasteiger partial charge in [-0.1, -0.05) is 0 Å². The molecule has 0 aliphatic carbocycles. The van der Waals surface area contributed by atoms with Crippen LogP contribution in [0.15, 0.2) is 0 Å². The second-order valence-corrected chi connectivity index (χ2v) is 4.15. The number of rotatable bonds is 0. The monoisotopic (exact) mass is 155 g/mol. The molecule has 2 nitrogen and oxygen atoms in total. The van der Waals surface area contributed by atoms with E-state index in [4.69, 9.17) is 0 Å². The van der Waals surface area contributed by atoms with E-state index in [1.54, 1.807) is 0 Å². The zero-order valence-electron chi connectivity index (χ0n) is 7.21. The Hall–Kier alpha value is -0.0800. The van der Waals surface area contributed by atoms with Gasteiger partial charge in [0.25, 0.3) is 0 Å². The Bertz CT molecular complexity index is 156. The number of hydrogen-bond donors (Lipinski definition) is 1. The van der Waals surface area contributed by atoms with Crippen molar-refractivity contribution in [1.82, 2.24) is 4.90 Å². The molecule has 0 bridgehead atoms. The van der Waals surface area contributed by atoms with Gasteiger partial charge >= 0.3 is 0 Å². The minimum Gasteiger partial charge on any atom is -0.389 e. The Morgan fingerprint density at radius 2 is 2.09 bits per heavy atom. The summed E-state index contributed by atoms with van der Waals surface area (Å²) in [6.45, 7) is 4.41. The minimum absolute atomic E-state index is 0.394. The van der Waals surface area contributed by atoms with Crippen LogP contribution in [0, 0.1) is 0 Å². The third kappa shape index (κ3) is 1.18. The number of aliphatic hydroxyl groups is 1. The number of fused-ring (bicyclic) bond motifs is 1. The zero-order valence-corrected chi connectivity index (χ0v) is 7.21. The van der Waals surface area contributed by atoms with Crippen LogP contribution in [0.3, 0.4) is 0 Å². The molecule has 1 N–H and O–H groups in total. The van der Waals surface area contributed by atoms with Gasteiger partial charge in [-0.3, -0.25) is 4.90 Å². The molecule has 0 radical (unpaired) electrons. The molecule has 0 saturated carbocycles. The van der Waals surface area contributed by atoms with Crippen LogP contribution < -0.4 is 0 Å². The van der Waals surface area contributed by atoms with Crippen LogP contribution in [0.5, 0.6) is 0 Å². The van der Waals surface area contributed by atoms with Gasteiger partial charge in [0.2, 0.25) is 0 Å². The SMILES string of the molecule is CC1(O)CCCN2CCCC21. The summed E-state index contributed by atoms with van der Waals surface area (Å²) in [6.07, 6.45) is 4.64. The molecule has 0 spiro atoms. The maximum atomic E-state index is 10.0. The van der Waals surface area contributed by atoms with E-state index in [-0.39, 0.29) is 0 Å². The molecule has 2 fully saturated rings. The third-order valence-corrected chi connectivity index (χ3v) is 3.21. The van der Waals surface area contributed by atoms with Gasteiger partial charge in [0.15, 0.2) is 0 Å². The molecular weight excluding hydrogens is 138 g/mol. The van der Waals surface area contributed by atoms with Crippen LogP contribution in [-0.2, 0) is 0 Å². The largest absolute Gasteiger partial charge is 0.389 e. The summed E-state index contributed by atoms with van der Waals surface area (Å²) in [6, 6.07) is 0.469. The first-order valence-corrected chi connectivity index (χ1v) is 4.66. The zero-order chi connectivity index (χ0) is 7.90. The lowest BCUT2D eigenvalue weighted by Crippen LogP contribution is -2.51. The molecule has 2 unspecified atom stereocenters. The molecule has 0 amide bonds. The smallest absolute Gasteiger partial charge is 0.0774 e. The van der Waals surface area contributed by atoms with E-state index >= 15 is 0 Å². The van der Waals surface area contributed by atoms with Crippen LogP contribution in [0.2, 0.25) is 0 Å². The van der Waals surface area contributed by atoms with Crippen molar-refractivity contribution < 1.29 is 5.11 Å². The first-order chi connectivity index (χ1) is 5.20. The molecule has 0 aromatic heterocycles. The molecule has 2 rings (SSSR count). The minimum atomic E-state index is -0.394. The van der Waals surface area contributed by atoms with Crippen LogP contribution in [0.4, 0.5) is 0 Å². The molecule has 2 heteroatoms. The average Bonchev–Trinajstić information content (AvgIpc) is 2.34. The van der Waals surface area contributed by atoms with Crippen molar-refractivity contribution >= 4 is 0 Å². The molecule has 2 heterocycles. The van der Waals surface area contributed by atoms with E-state index in [2.05, 4.69) is 4.90 Å². The van der Waals surface area contributed by atoms with Gasteiger partial charge in [-0.05, 0) is 45.7 Å². The number of nitrogens with zero attached hydrogens (tertiary/aromatic N) is 1. The lowest BCUT2D eigenvalue weighted by atomic mass is 9.86. The van der Waals surface area contributed by atoms with Crippen molar-refractivity contribution in [1.29, 1.82) is 0 Å². The Morgan fingerprint density at radius 1 is 1.36 bits per heavy atom. The van der Waals surface area contributed by atoms with Crippen LogP contribution in [0.1, 0.15) is 32.6 Å². The van der Waals surface area contributed by atoms with E-state index in [1.165, 1.54) is 32.4 Å². The maximum absolute atomic E-state index is 10.0. The quantitative estimate of drug-likeness (QED) is 0.564. The normalized spacial score (nSPS) is 45.8. The van der Waals surface area contributed by atoms with Gasteiger partial charge in [0.05, 0.1) is 5.60 Å². The second kappa shape index (κ2) is 2.46. The van der Waals surface area contributed by atoms with E-state index in [0.717, 1.165) is 6.42 Å². The van der Waals surface area contributed by atoms with Crippen molar-refractivity contribution in [3.63, 3.8) is 0 Å². The van der Waals surface area contributed by atoms with Crippen molar-refractivity contribution in [2.24, 2.45) is 0 Å². The van der Waals surface area contributed by atoms with Crippen molar-refractivity contribution in [2.45, 2.75) is 44.2 Å². The van der Waals surface area contributed by atoms with Gasteiger partial charge in [-0.2, -0.15) is 0 Å². The van der Waals surface area contributed by atoms with Crippen LogP contribution >= 0.6 is 0 Å². The summed E-state index contributed by atoms with van der Waals surface area (Å²) in [4.78, 5) is 2.45. The standard InChI is InChI=1S/C9H17NO/c1-9(11)5-3-7-10-6-2-4-8(9)10/h8,11H,2-7H2,1H3. The summed E-state index contributed by atoms with van der Waals surface area (Å²) < 4.78 is 0. The molecule has 2 saturated heterocycles. The fraction of sp³-hybridized carbons (Fsp3) is 1.00. The van der Waals surface area contributed by atoms with Crippen molar-refractivity contribution in [3.8, 4) is 0 Å². The van der Waals surface area contributed by atoms with E-state index < -0.39 is 5.60 Å². The Kier molecular flexibility index (Phi) is 1.69. The highest BCUT2D eigenvalue weighted by molar-refractivity contribution is 4.96. The highest BCUT2D eigenvalue weighted by atomic mass is 16.3. The van der Waals surface area contributed by atoms with Crippen LogP contribution in [-0.4, -0.2) is 34.7 Å². The van der Waals surface area contributed by atoms with Gasteiger partial charge in [0, 0.05) is 6.04 Å². The molecule has 2 aliphatic heterocycles. The molecule has 0 aromatic rings. The summed E-state index contributed by atoms with van der Waals surface area (Å²) in [7, 11) is 0. The molecular formula is C9H17NO. The van der Waals surface area contributed by atoms with Gasteiger partial charge in [0.1, 0.15) is 0 Å². The summed E-state index contributed by atoms with van der Waals surface area (Å²) in [5.41, 5.74) is -0.394. The Balaban J connectivity index is 2.13. The van der Waals surface area contributed by atoms with E-state index in [0.29, 0.717) is 6.04 Å². The third-order valence-electron chi connectivity index (χ3n) is 3.21. The highest BCUT2D eigenvalue weighted by Crippen LogP contribution is 2.34. The summed E-state index contributed by atoms with van der Waals surface area (Å²) >= 11 is 0. The first-order valence-electron chi connectivity index (χ1n) is 4.66. The lowest BCUT2D eigenvalue weighted by Gasteiger charge is -2.41. The summed E-state index contributed by atoms with van der Waals surface area (Å²) in [5.74, 6) is 0. The predicted molar refractivity (Wildman–Crippen MR) is 44.5 cm³/mol. The molecule has 64 valence electrons. The number of piperidine rings is 1. The van der Waals surface area contributed by atoms with Gasteiger partial charge in [-0.25, -0.2) is 0 Å². The fourth-order valence-electron chi connectivity index (χ4n) is 2.60. The highest BCUT2D eigenvalue weighted by Gasteiger charge is 2.41. The summed E-state index contributed by atoms with van der Waals surface area (Å²) in [5, 5.41) is 10.0. The van der Waals surface area contributed by atoms with Gasteiger partial charge in [-0.15, -0.1) is 0 Å². The van der Waals surface area contributed by atoms with Crippen molar-refractivity contribution in [3.05, 3.63) is 0 Å². The first kappa shape index (κ1) is 7.56. The van der Waals surface area contributed by atoms with Crippen molar-refractivity contribution in [2.75, 3.05) is 13.1 Å². The maximum Gasteiger partial charge on any atom is 0.0774 e. The van der Waals surface area contributed by atoms with E-state index in [9.17, 15) is 5.11 Å². The fourth-order valence-corrected chi connectivity index (χ4v) is 2.60. The second-order valence-electron chi connectivity index (χ2n) is 4.15. The predicted octanol–water partition coefficient (Wildman–Crippen LogP) is 0.996. The molecule has 2 aliphatic rings. The van der Waals surface area contributed by atoms with Gasteiger partial charge < -0.3 is 5.11 Å². The molecule has 11 heavy (non-hydrogen) atoms. The topological polar surface area (TPSA) is 23.5 Å². The van der Waals surface area contributed by atoms with Crippen LogP contribution in [0.25, 0.3) is 0 Å². The number of hydrogen-bond acceptors (Lipinski definition) is 2. The molecule has 0 aromatic carbocycles. The Morgan fingerprint density at radius 3 is 2.82 bits per heavy atom.